The van der Waals surface area contributed by atoms with Crippen molar-refractivity contribution >= 4 is 17.5 Å². The lowest BCUT2D eigenvalue weighted by molar-refractivity contribution is -0.135. The molecule has 1 heterocycles. The molecule has 1 aromatic carbocycles. The van der Waals surface area contributed by atoms with E-state index in [0.29, 0.717) is 11.3 Å². The molecule has 0 bridgehead atoms. The number of aliphatic hydroxyl groups excluding tert-OH is 1. The first-order valence-electron chi connectivity index (χ1n) is 6.33. The summed E-state index contributed by atoms with van der Waals surface area (Å²) in [6.07, 6.45) is -0.906. The number of nitrogens with zero attached hydrogens (tertiary/aromatic N) is 1. The fraction of sp³-hybridized carbons (Fsp3) is 0.429. The van der Waals surface area contributed by atoms with Crippen LogP contribution in [0.3, 0.4) is 0 Å². The van der Waals surface area contributed by atoms with Gasteiger partial charge in [0, 0.05) is 11.3 Å². The Hall–Kier alpha value is -1.95. The molecule has 2 N–H and O–H groups in total. The Morgan fingerprint density at radius 2 is 2.05 bits per heavy atom. The van der Waals surface area contributed by atoms with Gasteiger partial charge in [-0.2, -0.15) is 0 Å². The maximum atomic E-state index is 13.3. The van der Waals surface area contributed by atoms with Crippen LogP contribution in [0.25, 0.3) is 0 Å². The lowest BCUT2D eigenvalue weighted by atomic mass is 9.95. The number of amides is 2. The van der Waals surface area contributed by atoms with Gasteiger partial charge in [0.15, 0.2) is 0 Å². The van der Waals surface area contributed by atoms with Gasteiger partial charge < -0.3 is 10.0 Å². The highest BCUT2D eigenvalue weighted by Gasteiger charge is 2.41. The molecular formula is C14H17FN2O3. The zero-order valence-corrected chi connectivity index (χ0v) is 11.6. The molecule has 0 spiro atoms. The number of hydrogen-bond acceptors (Lipinski definition) is 4. The molecule has 20 heavy (non-hydrogen) atoms. The molecule has 0 aromatic heterocycles. The van der Waals surface area contributed by atoms with Gasteiger partial charge >= 0.3 is 0 Å². The Kier molecular flexibility index (Phi) is 3.52. The van der Waals surface area contributed by atoms with Crippen molar-refractivity contribution < 1.29 is 19.1 Å². The average Bonchev–Trinajstić information content (AvgIpc) is 2.34. The molecule has 108 valence electrons. The second-order valence-corrected chi connectivity index (χ2v) is 5.40. The zero-order valence-electron chi connectivity index (χ0n) is 11.6. The van der Waals surface area contributed by atoms with Gasteiger partial charge in [0.2, 0.25) is 5.91 Å². The summed E-state index contributed by atoms with van der Waals surface area (Å²) in [6, 6.07) is 3.94. The number of carbonyl (C=O) groups excluding carboxylic acids is 2. The number of piperazine rings is 1. The topological polar surface area (TPSA) is 69.6 Å². The minimum atomic E-state index is -0.963. The Morgan fingerprint density at radius 1 is 1.40 bits per heavy atom. The standard InChI is InChI=1S/C14H17FN2O3/c1-8(18)10-6-9(15)4-5-11(10)17-7-12(19)16-13(20)14(17,2)3/h4-6,8,18H,7H2,1-3H3,(H,16,19,20). The average molecular weight is 280 g/mol. The molecule has 1 fully saturated rings. The molecular weight excluding hydrogens is 263 g/mol. The maximum absolute atomic E-state index is 13.3. The molecule has 2 amide bonds. The summed E-state index contributed by atoms with van der Waals surface area (Å²) in [5.41, 5.74) is -0.134. The quantitative estimate of drug-likeness (QED) is 0.797. The van der Waals surface area contributed by atoms with E-state index in [1.807, 2.05) is 0 Å². The minimum Gasteiger partial charge on any atom is -0.389 e. The van der Waals surface area contributed by atoms with Crippen molar-refractivity contribution in [2.45, 2.75) is 32.4 Å². The molecule has 2 rings (SSSR count). The molecule has 0 saturated carbocycles. The number of nitrogens with one attached hydrogen (secondary N) is 1. The van der Waals surface area contributed by atoms with Gasteiger partial charge in [0.25, 0.3) is 5.91 Å². The summed E-state index contributed by atoms with van der Waals surface area (Å²) < 4.78 is 13.3. The second kappa shape index (κ2) is 4.86. The SMILES string of the molecule is CC(O)c1cc(F)ccc1N1CC(=O)NC(=O)C1(C)C. The summed E-state index contributed by atoms with van der Waals surface area (Å²) in [5.74, 6) is -1.32. The summed E-state index contributed by atoms with van der Waals surface area (Å²) in [5, 5.41) is 12.1. The summed E-state index contributed by atoms with van der Waals surface area (Å²) >= 11 is 0. The summed E-state index contributed by atoms with van der Waals surface area (Å²) in [7, 11) is 0. The van der Waals surface area contributed by atoms with Crippen LogP contribution in [0.2, 0.25) is 0 Å². The largest absolute Gasteiger partial charge is 0.389 e. The number of hydrogen-bond donors (Lipinski definition) is 2. The third kappa shape index (κ3) is 2.38. The van der Waals surface area contributed by atoms with Crippen LogP contribution in [0, 0.1) is 5.82 Å². The van der Waals surface area contributed by atoms with E-state index in [1.54, 1.807) is 18.7 Å². The second-order valence-electron chi connectivity index (χ2n) is 5.40. The molecule has 0 radical (unpaired) electrons. The first-order valence-corrected chi connectivity index (χ1v) is 6.33. The van der Waals surface area contributed by atoms with Gasteiger partial charge in [-0.3, -0.25) is 14.9 Å². The molecule has 0 aliphatic carbocycles. The zero-order chi connectivity index (χ0) is 15.1. The minimum absolute atomic E-state index is 0.0237. The van der Waals surface area contributed by atoms with Crippen LogP contribution >= 0.6 is 0 Å². The van der Waals surface area contributed by atoms with Crippen molar-refractivity contribution in [3.8, 4) is 0 Å². The van der Waals surface area contributed by atoms with E-state index < -0.39 is 29.3 Å². The lowest BCUT2D eigenvalue weighted by Crippen LogP contribution is -2.64. The van der Waals surface area contributed by atoms with Gasteiger partial charge in [0.1, 0.15) is 11.4 Å². The van der Waals surface area contributed by atoms with Gasteiger partial charge in [-0.15, -0.1) is 0 Å². The van der Waals surface area contributed by atoms with Gasteiger partial charge in [0.05, 0.1) is 12.6 Å². The fourth-order valence-electron chi connectivity index (χ4n) is 2.28. The number of halogens is 1. The maximum Gasteiger partial charge on any atom is 0.251 e. The van der Waals surface area contributed by atoms with Crippen molar-refractivity contribution in [3.63, 3.8) is 0 Å². The molecule has 6 heteroatoms. The number of rotatable bonds is 2. The third-order valence-electron chi connectivity index (χ3n) is 3.52. The predicted molar refractivity (Wildman–Crippen MR) is 71.6 cm³/mol. The van der Waals surface area contributed by atoms with E-state index in [-0.39, 0.29) is 6.54 Å². The van der Waals surface area contributed by atoms with Gasteiger partial charge in [-0.25, -0.2) is 4.39 Å². The fourth-order valence-corrected chi connectivity index (χ4v) is 2.28. The number of benzene rings is 1. The molecule has 5 nitrogen and oxygen atoms in total. The van der Waals surface area contributed by atoms with Crippen molar-refractivity contribution in [3.05, 3.63) is 29.6 Å². The molecule has 1 saturated heterocycles. The van der Waals surface area contributed by atoms with Crippen LogP contribution in [0.15, 0.2) is 18.2 Å². The number of anilines is 1. The van der Waals surface area contributed by atoms with E-state index in [4.69, 9.17) is 0 Å². The Bertz CT molecular complexity index is 570. The van der Waals surface area contributed by atoms with E-state index >= 15 is 0 Å². The normalized spacial score (nSPS) is 19.8. The van der Waals surface area contributed by atoms with E-state index in [1.165, 1.54) is 25.1 Å². The first kappa shape index (κ1) is 14.5. The van der Waals surface area contributed by atoms with Gasteiger partial charge in [-0.1, -0.05) is 0 Å². The predicted octanol–water partition coefficient (Wildman–Crippen LogP) is 1.12. The highest BCUT2D eigenvalue weighted by atomic mass is 19.1. The van der Waals surface area contributed by atoms with Crippen LogP contribution in [0.4, 0.5) is 10.1 Å². The lowest BCUT2D eigenvalue weighted by Gasteiger charge is -2.42. The molecule has 1 unspecified atom stereocenters. The highest BCUT2D eigenvalue weighted by molar-refractivity contribution is 6.06. The van der Waals surface area contributed by atoms with Crippen molar-refractivity contribution in [2.75, 3.05) is 11.4 Å². The third-order valence-corrected chi connectivity index (χ3v) is 3.52. The van der Waals surface area contributed by atoms with E-state index in [0.717, 1.165) is 0 Å². The van der Waals surface area contributed by atoms with Crippen LogP contribution in [-0.2, 0) is 9.59 Å². The Morgan fingerprint density at radius 3 is 2.65 bits per heavy atom. The van der Waals surface area contributed by atoms with Crippen LogP contribution < -0.4 is 10.2 Å². The molecule has 1 atom stereocenters. The summed E-state index contributed by atoms with van der Waals surface area (Å²) in [4.78, 5) is 25.1. The van der Waals surface area contributed by atoms with E-state index in [2.05, 4.69) is 5.32 Å². The van der Waals surface area contributed by atoms with Crippen molar-refractivity contribution in [1.82, 2.24) is 5.32 Å². The van der Waals surface area contributed by atoms with Gasteiger partial charge in [-0.05, 0) is 39.0 Å². The number of imide groups is 1. The Balaban J connectivity index is 2.54. The van der Waals surface area contributed by atoms with Crippen LogP contribution in [-0.4, -0.2) is 29.0 Å². The van der Waals surface area contributed by atoms with Crippen LogP contribution in [0.5, 0.6) is 0 Å². The molecule has 1 aliphatic rings. The summed E-state index contributed by atoms with van der Waals surface area (Å²) in [6.45, 7) is 4.83. The Labute approximate surface area is 116 Å². The molecule has 1 aliphatic heterocycles. The monoisotopic (exact) mass is 280 g/mol. The first-order chi connectivity index (χ1) is 9.23. The highest BCUT2D eigenvalue weighted by Crippen LogP contribution is 2.33. The van der Waals surface area contributed by atoms with Crippen molar-refractivity contribution in [1.29, 1.82) is 0 Å². The van der Waals surface area contributed by atoms with E-state index in [9.17, 15) is 19.1 Å². The number of carbonyl (C=O) groups is 2. The van der Waals surface area contributed by atoms with Crippen LogP contribution in [0.1, 0.15) is 32.4 Å². The van der Waals surface area contributed by atoms with Crippen molar-refractivity contribution in [2.24, 2.45) is 0 Å². The smallest absolute Gasteiger partial charge is 0.251 e. The molecule has 1 aromatic rings. The number of aliphatic hydroxyl groups is 1.